The van der Waals surface area contributed by atoms with E-state index < -0.39 is 0 Å². The molecular formula is C22H27N5O2. The monoisotopic (exact) mass is 393 g/mol. The molecular weight excluding hydrogens is 366 g/mol. The first-order valence-corrected chi connectivity index (χ1v) is 10.3. The van der Waals surface area contributed by atoms with Crippen molar-refractivity contribution < 1.29 is 9.59 Å². The van der Waals surface area contributed by atoms with Crippen molar-refractivity contribution in [3.05, 3.63) is 54.9 Å². The normalized spacial score (nSPS) is 19.7. The summed E-state index contributed by atoms with van der Waals surface area (Å²) in [5.74, 6) is 0.0642. The molecule has 2 aliphatic rings. The second-order valence-electron chi connectivity index (χ2n) is 7.60. The number of likely N-dealkylation sites (tertiary alicyclic amines) is 1. The van der Waals surface area contributed by atoms with E-state index in [0.29, 0.717) is 26.2 Å². The summed E-state index contributed by atoms with van der Waals surface area (Å²) in [6, 6.07) is 13.3. The van der Waals surface area contributed by atoms with E-state index in [1.54, 1.807) is 17.3 Å². The number of rotatable bonds is 3. The molecule has 2 aromatic rings. The van der Waals surface area contributed by atoms with Crippen LogP contribution in [0, 0.1) is 5.92 Å². The van der Waals surface area contributed by atoms with Crippen molar-refractivity contribution in [2.24, 2.45) is 5.92 Å². The van der Waals surface area contributed by atoms with Gasteiger partial charge in [-0.05, 0) is 37.1 Å². The fraction of sp³-hybridized carbons (Fsp3) is 0.409. The van der Waals surface area contributed by atoms with Crippen LogP contribution in [0.5, 0.6) is 0 Å². The smallest absolute Gasteiger partial charge is 0.321 e. The Kier molecular flexibility index (Phi) is 5.93. The lowest BCUT2D eigenvalue weighted by Gasteiger charge is -2.39. The van der Waals surface area contributed by atoms with E-state index in [0.717, 1.165) is 37.3 Å². The molecule has 1 unspecified atom stereocenters. The third kappa shape index (κ3) is 4.67. The van der Waals surface area contributed by atoms with Gasteiger partial charge in [0.25, 0.3) is 0 Å². The van der Waals surface area contributed by atoms with Gasteiger partial charge in [-0.2, -0.15) is 0 Å². The number of nitrogens with one attached hydrogen (secondary N) is 1. The van der Waals surface area contributed by atoms with Gasteiger partial charge in [0.05, 0.1) is 5.92 Å². The van der Waals surface area contributed by atoms with E-state index in [9.17, 15) is 9.59 Å². The minimum Gasteiger partial charge on any atom is -0.368 e. The van der Waals surface area contributed by atoms with E-state index in [-0.39, 0.29) is 17.9 Å². The van der Waals surface area contributed by atoms with E-state index in [1.165, 1.54) is 0 Å². The van der Waals surface area contributed by atoms with Crippen LogP contribution in [0.2, 0.25) is 0 Å². The van der Waals surface area contributed by atoms with Crippen molar-refractivity contribution in [2.45, 2.75) is 12.8 Å². The number of nitrogens with zero attached hydrogens (tertiary/aromatic N) is 4. The number of aromatic nitrogens is 1. The lowest BCUT2D eigenvalue weighted by molar-refractivity contribution is -0.137. The highest BCUT2D eigenvalue weighted by Crippen LogP contribution is 2.22. The lowest BCUT2D eigenvalue weighted by atomic mass is 9.96. The predicted molar refractivity (Wildman–Crippen MR) is 113 cm³/mol. The average Bonchev–Trinajstić information content (AvgIpc) is 2.80. The Morgan fingerprint density at radius 2 is 1.62 bits per heavy atom. The Bertz CT molecular complexity index is 822. The molecule has 2 fully saturated rings. The van der Waals surface area contributed by atoms with Crippen molar-refractivity contribution >= 4 is 23.3 Å². The van der Waals surface area contributed by atoms with Gasteiger partial charge in [0, 0.05) is 63.0 Å². The quantitative estimate of drug-likeness (QED) is 0.871. The number of para-hydroxylation sites is 1. The summed E-state index contributed by atoms with van der Waals surface area (Å²) in [6.45, 7) is 4.25. The first kappa shape index (κ1) is 19.2. The van der Waals surface area contributed by atoms with Crippen LogP contribution in [0.3, 0.4) is 0 Å². The van der Waals surface area contributed by atoms with Gasteiger partial charge in [-0.25, -0.2) is 4.79 Å². The van der Waals surface area contributed by atoms with Gasteiger partial charge in [0.1, 0.15) is 0 Å². The molecule has 0 spiro atoms. The average molecular weight is 393 g/mol. The molecule has 7 nitrogen and oxygen atoms in total. The van der Waals surface area contributed by atoms with Crippen LogP contribution in [0.1, 0.15) is 12.8 Å². The molecule has 29 heavy (non-hydrogen) atoms. The summed E-state index contributed by atoms with van der Waals surface area (Å²) in [4.78, 5) is 35.7. The van der Waals surface area contributed by atoms with Gasteiger partial charge in [-0.15, -0.1) is 0 Å². The topological polar surface area (TPSA) is 68.8 Å². The summed E-state index contributed by atoms with van der Waals surface area (Å²) < 4.78 is 0. The molecule has 2 aliphatic heterocycles. The van der Waals surface area contributed by atoms with Crippen LogP contribution in [0.15, 0.2) is 54.9 Å². The molecule has 3 heterocycles. The number of hydrogen-bond acceptors (Lipinski definition) is 4. The largest absolute Gasteiger partial charge is 0.368 e. The number of carbonyl (C=O) groups excluding carboxylic acids is 2. The molecule has 4 rings (SSSR count). The number of anilines is 2. The predicted octanol–water partition coefficient (Wildman–Crippen LogP) is 2.67. The first-order valence-electron chi connectivity index (χ1n) is 10.3. The standard InChI is InChI=1S/C22H27N5O2/c28-21(26-15-13-25(14-16-26)20-8-10-23-11-9-20)18-5-4-12-27(17-18)22(29)24-19-6-2-1-3-7-19/h1-3,6-11,18H,4-5,12-17H2,(H,24,29). The number of pyridine rings is 1. The van der Waals surface area contributed by atoms with Crippen LogP contribution >= 0.6 is 0 Å². The maximum absolute atomic E-state index is 13.1. The molecule has 0 saturated carbocycles. The second-order valence-corrected chi connectivity index (χ2v) is 7.60. The number of piperazine rings is 1. The van der Waals surface area contributed by atoms with Crippen molar-refractivity contribution in [3.8, 4) is 0 Å². The van der Waals surface area contributed by atoms with Gasteiger partial charge >= 0.3 is 6.03 Å². The fourth-order valence-corrected chi connectivity index (χ4v) is 4.09. The Hall–Kier alpha value is -3.09. The zero-order valence-electron chi connectivity index (χ0n) is 16.5. The highest BCUT2D eigenvalue weighted by atomic mass is 16.2. The maximum atomic E-state index is 13.1. The molecule has 1 atom stereocenters. The summed E-state index contributed by atoms with van der Waals surface area (Å²) in [6.07, 6.45) is 5.29. The summed E-state index contributed by atoms with van der Waals surface area (Å²) in [5.41, 5.74) is 1.92. The Morgan fingerprint density at radius 3 is 2.34 bits per heavy atom. The molecule has 0 aliphatic carbocycles. The van der Waals surface area contributed by atoms with Crippen molar-refractivity contribution in [3.63, 3.8) is 0 Å². The second kappa shape index (κ2) is 8.94. The van der Waals surface area contributed by atoms with Crippen molar-refractivity contribution in [2.75, 3.05) is 49.5 Å². The zero-order valence-corrected chi connectivity index (χ0v) is 16.5. The Morgan fingerprint density at radius 1 is 0.897 bits per heavy atom. The van der Waals surface area contributed by atoms with Gasteiger partial charge < -0.3 is 20.0 Å². The van der Waals surface area contributed by atoms with Gasteiger partial charge in [-0.3, -0.25) is 9.78 Å². The highest BCUT2D eigenvalue weighted by Gasteiger charge is 2.32. The lowest BCUT2D eigenvalue weighted by Crippen LogP contribution is -2.53. The third-order valence-electron chi connectivity index (χ3n) is 5.70. The fourth-order valence-electron chi connectivity index (χ4n) is 4.09. The van der Waals surface area contributed by atoms with Crippen molar-refractivity contribution in [1.29, 1.82) is 0 Å². The molecule has 3 amide bonds. The van der Waals surface area contributed by atoms with E-state index in [2.05, 4.69) is 15.2 Å². The number of urea groups is 1. The van der Waals surface area contributed by atoms with E-state index >= 15 is 0 Å². The summed E-state index contributed by atoms with van der Waals surface area (Å²) in [5, 5.41) is 2.92. The molecule has 1 aromatic carbocycles. The van der Waals surface area contributed by atoms with Gasteiger partial charge in [0.15, 0.2) is 0 Å². The number of hydrogen-bond donors (Lipinski definition) is 1. The van der Waals surface area contributed by atoms with Crippen LogP contribution < -0.4 is 10.2 Å². The molecule has 0 radical (unpaired) electrons. The van der Waals surface area contributed by atoms with Gasteiger partial charge in [0.2, 0.25) is 5.91 Å². The zero-order chi connectivity index (χ0) is 20.1. The van der Waals surface area contributed by atoms with Crippen LogP contribution in [-0.2, 0) is 4.79 Å². The molecule has 1 aromatic heterocycles. The molecule has 1 N–H and O–H groups in total. The van der Waals surface area contributed by atoms with Crippen LogP contribution in [0.4, 0.5) is 16.2 Å². The molecule has 2 saturated heterocycles. The first-order chi connectivity index (χ1) is 14.2. The Labute approximate surface area is 171 Å². The van der Waals surface area contributed by atoms with Crippen LogP contribution in [0.25, 0.3) is 0 Å². The maximum Gasteiger partial charge on any atom is 0.321 e. The third-order valence-corrected chi connectivity index (χ3v) is 5.70. The van der Waals surface area contributed by atoms with E-state index in [1.807, 2.05) is 47.4 Å². The SMILES string of the molecule is O=C(Nc1ccccc1)N1CCCC(C(=O)N2CCN(c3ccncc3)CC2)C1. The van der Waals surface area contributed by atoms with Crippen LogP contribution in [-0.4, -0.2) is 66.0 Å². The minimum absolute atomic E-state index is 0.113. The van der Waals surface area contributed by atoms with Gasteiger partial charge in [-0.1, -0.05) is 18.2 Å². The highest BCUT2D eigenvalue weighted by molar-refractivity contribution is 5.90. The molecule has 152 valence electrons. The number of piperidine rings is 1. The molecule has 0 bridgehead atoms. The molecule has 7 heteroatoms. The minimum atomic E-state index is -0.129. The van der Waals surface area contributed by atoms with Crippen molar-refractivity contribution in [1.82, 2.24) is 14.8 Å². The number of amides is 3. The Balaban J connectivity index is 1.30. The number of carbonyl (C=O) groups is 2. The van der Waals surface area contributed by atoms with E-state index in [4.69, 9.17) is 0 Å². The summed E-state index contributed by atoms with van der Waals surface area (Å²) >= 11 is 0. The summed E-state index contributed by atoms with van der Waals surface area (Å²) in [7, 11) is 0. The number of benzene rings is 1.